The molecule has 2 heterocycles. The zero-order chi connectivity index (χ0) is 10.5. The summed E-state index contributed by atoms with van der Waals surface area (Å²) >= 11 is 0. The molecular formula is C13H8N2O. The summed E-state index contributed by atoms with van der Waals surface area (Å²) in [6, 6.07) is 12.3. The minimum atomic E-state index is 0.819. The van der Waals surface area contributed by atoms with E-state index in [2.05, 4.69) is 28.2 Å². The predicted octanol–water partition coefficient (Wildman–Crippen LogP) is 3.46. The van der Waals surface area contributed by atoms with Gasteiger partial charge in [0.1, 0.15) is 5.52 Å². The average molecular weight is 208 g/mol. The van der Waals surface area contributed by atoms with E-state index >= 15 is 0 Å². The van der Waals surface area contributed by atoms with E-state index in [1.165, 1.54) is 17.2 Å². The van der Waals surface area contributed by atoms with Crippen LogP contribution in [0.15, 0.2) is 47.2 Å². The van der Waals surface area contributed by atoms with Gasteiger partial charge >= 0.3 is 0 Å². The number of hydrogen-bond acceptors (Lipinski definition) is 2. The molecule has 1 N–H and O–H groups in total. The Labute approximate surface area is 90.7 Å². The topological polar surface area (TPSA) is 41.8 Å². The van der Waals surface area contributed by atoms with Crippen LogP contribution < -0.4 is 0 Å². The van der Waals surface area contributed by atoms with Crippen LogP contribution in [0, 0.1) is 0 Å². The van der Waals surface area contributed by atoms with Crippen LogP contribution in [0.25, 0.3) is 32.9 Å². The first-order valence-corrected chi connectivity index (χ1v) is 5.15. The number of nitrogens with zero attached hydrogens (tertiary/aromatic N) is 1. The van der Waals surface area contributed by atoms with Crippen LogP contribution >= 0.6 is 0 Å². The largest absolute Gasteiger partial charge is 0.443 e. The molecule has 4 aromatic rings. The Morgan fingerprint density at radius 2 is 1.94 bits per heavy atom. The maximum atomic E-state index is 5.29. The van der Waals surface area contributed by atoms with Gasteiger partial charge in [-0.1, -0.05) is 18.2 Å². The molecule has 2 aromatic carbocycles. The first kappa shape index (κ1) is 7.93. The molecule has 0 aliphatic rings. The lowest BCUT2D eigenvalue weighted by Crippen LogP contribution is -1.69. The number of nitrogens with one attached hydrogen (secondary N) is 1. The second-order valence-electron chi connectivity index (χ2n) is 3.89. The maximum absolute atomic E-state index is 5.29. The summed E-state index contributed by atoms with van der Waals surface area (Å²) in [5.74, 6) is 0. The molecule has 0 spiro atoms. The highest BCUT2D eigenvalue weighted by Gasteiger charge is 2.06. The first-order valence-electron chi connectivity index (χ1n) is 5.15. The number of benzene rings is 2. The van der Waals surface area contributed by atoms with Crippen molar-refractivity contribution in [3.63, 3.8) is 0 Å². The van der Waals surface area contributed by atoms with Crippen LogP contribution in [0.3, 0.4) is 0 Å². The molecule has 0 radical (unpaired) electrons. The van der Waals surface area contributed by atoms with E-state index in [0.29, 0.717) is 0 Å². The molecule has 4 rings (SSSR count). The number of H-pyrrole nitrogens is 1. The third kappa shape index (κ3) is 0.896. The molecule has 3 nitrogen and oxygen atoms in total. The molecular weight excluding hydrogens is 200 g/mol. The predicted molar refractivity (Wildman–Crippen MR) is 63.4 cm³/mol. The van der Waals surface area contributed by atoms with Crippen molar-refractivity contribution in [2.24, 2.45) is 0 Å². The number of aromatic amines is 1. The molecule has 0 atom stereocenters. The highest BCUT2D eigenvalue weighted by Crippen LogP contribution is 2.28. The van der Waals surface area contributed by atoms with Gasteiger partial charge in [-0.25, -0.2) is 4.98 Å². The van der Waals surface area contributed by atoms with Crippen LogP contribution in [0.2, 0.25) is 0 Å². The molecule has 0 unspecified atom stereocenters. The first-order chi connectivity index (χ1) is 7.92. The molecule has 3 heteroatoms. The van der Waals surface area contributed by atoms with Crippen molar-refractivity contribution >= 4 is 32.9 Å². The fourth-order valence-corrected chi connectivity index (χ4v) is 2.20. The fourth-order valence-electron chi connectivity index (χ4n) is 2.20. The number of aromatic nitrogens is 2. The van der Waals surface area contributed by atoms with Gasteiger partial charge < -0.3 is 9.40 Å². The Hall–Kier alpha value is -2.29. The van der Waals surface area contributed by atoms with E-state index in [4.69, 9.17) is 4.42 Å². The lowest BCUT2D eigenvalue weighted by Gasteiger charge is -1.90. The lowest BCUT2D eigenvalue weighted by molar-refractivity contribution is 0.602. The van der Waals surface area contributed by atoms with E-state index in [9.17, 15) is 0 Å². The zero-order valence-corrected chi connectivity index (χ0v) is 8.40. The van der Waals surface area contributed by atoms with E-state index < -0.39 is 0 Å². The summed E-state index contributed by atoms with van der Waals surface area (Å²) in [5.41, 5.74) is 3.95. The molecule has 0 amide bonds. The highest BCUT2D eigenvalue weighted by atomic mass is 16.3. The van der Waals surface area contributed by atoms with Gasteiger partial charge in [-0.2, -0.15) is 0 Å². The Morgan fingerprint density at radius 1 is 1.00 bits per heavy atom. The van der Waals surface area contributed by atoms with Crippen molar-refractivity contribution < 1.29 is 4.42 Å². The van der Waals surface area contributed by atoms with Crippen molar-refractivity contribution in [3.8, 4) is 0 Å². The van der Waals surface area contributed by atoms with E-state index in [0.717, 1.165) is 22.1 Å². The smallest absolute Gasteiger partial charge is 0.181 e. The molecule has 16 heavy (non-hydrogen) atoms. The molecule has 0 bridgehead atoms. The van der Waals surface area contributed by atoms with Gasteiger partial charge in [0.25, 0.3) is 0 Å². The SMILES string of the molecule is c1ccc2c(c1)[nH]c1cc3ocnc3cc12. The van der Waals surface area contributed by atoms with Gasteiger partial charge in [0.05, 0.1) is 5.52 Å². The van der Waals surface area contributed by atoms with Crippen molar-refractivity contribution in [1.29, 1.82) is 0 Å². The zero-order valence-electron chi connectivity index (χ0n) is 8.40. The Morgan fingerprint density at radius 3 is 2.94 bits per heavy atom. The van der Waals surface area contributed by atoms with Crippen LogP contribution in [0.1, 0.15) is 0 Å². The molecule has 0 fully saturated rings. The van der Waals surface area contributed by atoms with Gasteiger partial charge in [0.15, 0.2) is 12.0 Å². The normalized spacial score (nSPS) is 11.8. The number of fused-ring (bicyclic) bond motifs is 4. The number of rotatable bonds is 0. The summed E-state index contributed by atoms with van der Waals surface area (Å²) in [6.45, 7) is 0. The van der Waals surface area contributed by atoms with Crippen molar-refractivity contribution in [2.75, 3.05) is 0 Å². The molecule has 0 aliphatic carbocycles. The van der Waals surface area contributed by atoms with Gasteiger partial charge in [0.2, 0.25) is 0 Å². The molecule has 0 saturated carbocycles. The molecule has 2 aromatic heterocycles. The monoisotopic (exact) mass is 208 g/mol. The summed E-state index contributed by atoms with van der Waals surface area (Å²) in [6.07, 6.45) is 1.48. The van der Waals surface area contributed by atoms with Crippen molar-refractivity contribution in [2.45, 2.75) is 0 Å². The van der Waals surface area contributed by atoms with Gasteiger partial charge in [-0.05, 0) is 12.1 Å². The minimum absolute atomic E-state index is 0.819. The summed E-state index contributed by atoms with van der Waals surface area (Å²) in [7, 11) is 0. The number of hydrogen-bond donors (Lipinski definition) is 1. The van der Waals surface area contributed by atoms with Gasteiger partial charge in [-0.3, -0.25) is 0 Å². The lowest BCUT2D eigenvalue weighted by atomic mass is 10.1. The summed E-state index contributed by atoms with van der Waals surface area (Å²) in [4.78, 5) is 7.55. The quantitative estimate of drug-likeness (QED) is 0.480. The van der Waals surface area contributed by atoms with Crippen LogP contribution in [-0.4, -0.2) is 9.97 Å². The Bertz CT molecular complexity index is 810. The summed E-state index contributed by atoms with van der Waals surface area (Å²) in [5, 5.41) is 2.42. The second kappa shape index (κ2) is 2.64. The summed E-state index contributed by atoms with van der Waals surface area (Å²) < 4.78 is 5.29. The molecule has 0 saturated heterocycles. The van der Waals surface area contributed by atoms with Crippen LogP contribution in [0.4, 0.5) is 0 Å². The van der Waals surface area contributed by atoms with Crippen molar-refractivity contribution in [1.82, 2.24) is 9.97 Å². The van der Waals surface area contributed by atoms with Gasteiger partial charge in [-0.15, -0.1) is 0 Å². The van der Waals surface area contributed by atoms with Crippen LogP contribution in [0.5, 0.6) is 0 Å². The minimum Gasteiger partial charge on any atom is -0.443 e. The third-order valence-electron chi connectivity index (χ3n) is 2.96. The Balaban J connectivity index is 2.32. The fraction of sp³-hybridized carbons (Fsp3) is 0. The van der Waals surface area contributed by atoms with Crippen LogP contribution in [-0.2, 0) is 0 Å². The number of para-hydroxylation sites is 1. The maximum Gasteiger partial charge on any atom is 0.181 e. The van der Waals surface area contributed by atoms with E-state index in [1.54, 1.807) is 0 Å². The Kier molecular flexibility index (Phi) is 1.31. The molecule has 76 valence electrons. The average Bonchev–Trinajstić information content (AvgIpc) is 2.88. The van der Waals surface area contributed by atoms with E-state index in [1.807, 2.05) is 18.2 Å². The molecule has 0 aliphatic heterocycles. The second-order valence-corrected chi connectivity index (χ2v) is 3.89. The van der Waals surface area contributed by atoms with Gasteiger partial charge in [0, 0.05) is 22.4 Å². The van der Waals surface area contributed by atoms with E-state index in [-0.39, 0.29) is 0 Å². The standard InChI is InChI=1S/C13H8N2O/c1-2-4-10-8(3-1)9-5-12-13(16-7-14-12)6-11(9)15-10/h1-7,15H. The third-order valence-corrected chi connectivity index (χ3v) is 2.96. The number of oxazole rings is 1. The van der Waals surface area contributed by atoms with Crippen molar-refractivity contribution in [3.05, 3.63) is 42.8 Å². The highest BCUT2D eigenvalue weighted by molar-refractivity contribution is 6.10.